The van der Waals surface area contributed by atoms with E-state index in [0.29, 0.717) is 30.9 Å². The third kappa shape index (κ3) is 2.63. The number of piperidine rings is 1. The zero-order valence-electron chi connectivity index (χ0n) is 11.7. The minimum Gasteiger partial charge on any atom is -0.378 e. The molecule has 0 amide bonds. The van der Waals surface area contributed by atoms with Crippen LogP contribution < -0.4 is 0 Å². The molecule has 3 rings (SSSR count). The zero-order chi connectivity index (χ0) is 14.1. The smallest absolute Gasteiger partial charge is 0.140 e. The Bertz CT molecular complexity index is 491. The monoisotopic (exact) mass is 277 g/mol. The molecular weight excluding hydrogens is 257 g/mol. The average molecular weight is 277 g/mol. The first-order valence-corrected chi connectivity index (χ1v) is 7.21. The molecule has 2 unspecified atom stereocenters. The van der Waals surface area contributed by atoms with Gasteiger partial charge in [-0.3, -0.25) is 9.69 Å². The van der Waals surface area contributed by atoms with Gasteiger partial charge < -0.3 is 4.74 Å². The summed E-state index contributed by atoms with van der Waals surface area (Å²) in [7, 11) is 2.11. The number of likely N-dealkylation sites (N-methyl/N-ethyl adjacent to an activating group) is 1. The quantitative estimate of drug-likeness (QED) is 0.847. The van der Waals surface area contributed by atoms with E-state index in [0.717, 1.165) is 12.8 Å². The van der Waals surface area contributed by atoms with Crippen LogP contribution in [-0.4, -0.2) is 43.0 Å². The summed E-state index contributed by atoms with van der Waals surface area (Å²) in [6.07, 6.45) is 1.88. The fourth-order valence-corrected chi connectivity index (χ4v) is 3.33. The molecule has 2 bridgehead atoms. The Morgan fingerprint density at radius 1 is 1.30 bits per heavy atom. The molecule has 20 heavy (non-hydrogen) atoms. The number of fused-ring (bicyclic) bond motifs is 2. The molecule has 0 aromatic heterocycles. The number of morpholine rings is 1. The van der Waals surface area contributed by atoms with Crippen LogP contribution in [0.4, 0.5) is 4.39 Å². The van der Waals surface area contributed by atoms with Crippen molar-refractivity contribution >= 4 is 5.78 Å². The van der Waals surface area contributed by atoms with Gasteiger partial charge in [0, 0.05) is 24.4 Å². The molecular formula is C16H20FNO2. The summed E-state index contributed by atoms with van der Waals surface area (Å²) in [4.78, 5) is 14.8. The molecule has 0 saturated carbocycles. The number of carbonyl (C=O) groups is 1. The van der Waals surface area contributed by atoms with E-state index < -0.39 is 0 Å². The predicted molar refractivity (Wildman–Crippen MR) is 74.0 cm³/mol. The summed E-state index contributed by atoms with van der Waals surface area (Å²) in [5.41, 5.74) is 0.512. The van der Waals surface area contributed by atoms with Gasteiger partial charge in [-0.25, -0.2) is 4.39 Å². The maximum absolute atomic E-state index is 13.6. The van der Waals surface area contributed by atoms with Gasteiger partial charge in [0.1, 0.15) is 11.6 Å². The second-order valence-electron chi connectivity index (χ2n) is 5.91. The number of halogens is 1. The second-order valence-corrected chi connectivity index (χ2v) is 5.91. The lowest BCUT2D eigenvalue weighted by Crippen LogP contribution is -2.56. The van der Waals surface area contributed by atoms with E-state index in [1.54, 1.807) is 18.2 Å². The second kappa shape index (κ2) is 5.62. The highest BCUT2D eigenvalue weighted by atomic mass is 19.1. The van der Waals surface area contributed by atoms with Crippen LogP contribution in [0.5, 0.6) is 0 Å². The molecule has 2 atom stereocenters. The summed E-state index contributed by atoms with van der Waals surface area (Å²) < 4.78 is 19.2. The third-order valence-electron chi connectivity index (χ3n) is 4.66. The number of hydrogen-bond acceptors (Lipinski definition) is 3. The highest BCUT2D eigenvalue weighted by molar-refractivity contribution is 5.83. The van der Waals surface area contributed by atoms with Crippen LogP contribution in [0.3, 0.4) is 0 Å². The van der Waals surface area contributed by atoms with E-state index in [1.807, 2.05) is 0 Å². The number of benzene rings is 1. The molecule has 108 valence electrons. The van der Waals surface area contributed by atoms with Crippen molar-refractivity contribution in [3.05, 3.63) is 35.6 Å². The van der Waals surface area contributed by atoms with Crippen LogP contribution in [0.15, 0.2) is 24.3 Å². The van der Waals surface area contributed by atoms with E-state index in [-0.39, 0.29) is 23.9 Å². The molecule has 0 N–H and O–H groups in total. The summed E-state index contributed by atoms with van der Waals surface area (Å²) in [5.74, 6) is -0.0675. The van der Waals surface area contributed by atoms with E-state index in [1.165, 1.54) is 6.07 Å². The number of Topliss-reactive ketones (excluding diaryl/α,β-unsaturated/α-hetero) is 1. The van der Waals surface area contributed by atoms with Gasteiger partial charge in [0.2, 0.25) is 0 Å². The first-order chi connectivity index (χ1) is 9.65. The van der Waals surface area contributed by atoms with E-state index in [2.05, 4.69) is 11.9 Å². The molecule has 2 aliphatic rings. The Kier molecular flexibility index (Phi) is 3.85. The van der Waals surface area contributed by atoms with Gasteiger partial charge in [-0.1, -0.05) is 18.2 Å². The lowest BCUT2D eigenvalue weighted by Gasteiger charge is -2.46. The van der Waals surface area contributed by atoms with Gasteiger partial charge in [-0.05, 0) is 31.5 Å². The van der Waals surface area contributed by atoms with Crippen molar-refractivity contribution in [1.82, 2.24) is 4.90 Å². The minimum absolute atomic E-state index is 0.0460. The molecule has 4 heteroatoms. The SMILES string of the molecule is CN1C2COCC1CC(C(=O)Cc1ccccc1F)C2. The Morgan fingerprint density at radius 3 is 2.60 bits per heavy atom. The first kappa shape index (κ1) is 13.7. The molecule has 0 radical (unpaired) electrons. The molecule has 1 aromatic carbocycles. The van der Waals surface area contributed by atoms with Crippen LogP contribution in [0.2, 0.25) is 0 Å². The highest BCUT2D eigenvalue weighted by Crippen LogP contribution is 2.31. The van der Waals surface area contributed by atoms with Crippen LogP contribution in [0.25, 0.3) is 0 Å². The lowest BCUT2D eigenvalue weighted by molar-refractivity contribution is -0.130. The van der Waals surface area contributed by atoms with Crippen LogP contribution in [0.1, 0.15) is 18.4 Å². The number of ketones is 1. The standard InChI is InChI=1S/C16H20FNO2/c1-18-13-6-12(7-14(18)10-20-9-13)16(19)8-11-4-2-3-5-15(11)17/h2-5,12-14H,6-10H2,1H3. The molecule has 2 fully saturated rings. The number of hydrogen-bond donors (Lipinski definition) is 0. The topological polar surface area (TPSA) is 29.5 Å². The first-order valence-electron chi connectivity index (χ1n) is 7.21. The van der Waals surface area contributed by atoms with E-state index >= 15 is 0 Å². The molecule has 0 aliphatic carbocycles. The number of carbonyl (C=O) groups excluding carboxylic acids is 1. The van der Waals surface area contributed by atoms with Gasteiger partial charge in [-0.2, -0.15) is 0 Å². The van der Waals surface area contributed by atoms with Crippen molar-refractivity contribution in [2.75, 3.05) is 20.3 Å². The zero-order valence-corrected chi connectivity index (χ0v) is 11.7. The van der Waals surface area contributed by atoms with Gasteiger partial charge in [0.25, 0.3) is 0 Å². The fourth-order valence-electron chi connectivity index (χ4n) is 3.33. The predicted octanol–water partition coefficient (Wildman–Crippen LogP) is 2.05. The Labute approximate surface area is 118 Å². The normalized spacial score (nSPS) is 30.2. The molecule has 2 saturated heterocycles. The molecule has 1 aromatic rings. The third-order valence-corrected chi connectivity index (χ3v) is 4.66. The number of nitrogens with zero attached hydrogens (tertiary/aromatic N) is 1. The van der Waals surface area contributed by atoms with Crippen molar-refractivity contribution in [2.45, 2.75) is 31.3 Å². The largest absolute Gasteiger partial charge is 0.378 e. The van der Waals surface area contributed by atoms with Crippen LogP contribution in [0, 0.1) is 11.7 Å². The van der Waals surface area contributed by atoms with Crippen LogP contribution >= 0.6 is 0 Å². The Hall–Kier alpha value is -1.26. The molecule has 0 spiro atoms. The van der Waals surface area contributed by atoms with Crippen molar-refractivity contribution in [1.29, 1.82) is 0 Å². The summed E-state index contributed by atoms with van der Waals surface area (Å²) in [5, 5.41) is 0. The van der Waals surface area contributed by atoms with Gasteiger partial charge in [-0.15, -0.1) is 0 Å². The van der Waals surface area contributed by atoms with Crippen LogP contribution in [-0.2, 0) is 16.0 Å². The summed E-state index contributed by atoms with van der Waals surface area (Å²) >= 11 is 0. The fraction of sp³-hybridized carbons (Fsp3) is 0.562. The van der Waals surface area contributed by atoms with Gasteiger partial charge >= 0.3 is 0 Å². The molecule has 2 heterocycles. The minimum atomic E-state index is -0.280. The lowest BCUT2D eigenvalue weighted by atomic mass is 9.81. The van der Waals surface area contributed by atoms with Gasteiger partial charge in [0.15, 0.2) is 0 Å². The van der Waals surface area contributed by atoms with Crippen molar-refractivity contribution in [3.63, 3.8) is 0 Å². The Morgan fingerprint density at radius 2 is 1.95 bits per heavy atom. The highest BCUT2D eigenvalue weighted by Gasteiger charge is 2.39. The Balaban J connectivity index is 1.68. The maximum atomic E-state index is 13.6. The maximum Gasteiger partial charge on any atom is 0.140 e. The van der Waals surface area contributed by atoms with E-state index in [4.69, 9.17) is 4.74 Å². The van der Waals surface area contributed by atoms with Gasteiger partial charge in [0.05, 0.1) is 13.2 Å². The summed E-state index contributed by atoms with van der Waals surface area (Å²) in [6, 6.07) is 7.21. The molecule has 2 aliphatic heterocycles. The van der Waals surface area contributed by atoms with Crippen molar-refractivity contribution in [3.8, 4) is 0 Å². The molecule has 3 nitrogen and oxygen atoms in total. The summed E-state index contributed by atoms with van der Waals surface area (Å²) in [6.45, 7) is 1.41. The van der Waals surface area contributed by atoms with Crippen molar-refractivity contribution in [2.24, 2.45) is 5.92 Å². The van der Waals surface area contributed by atoms with Crippen molar-refractivity contribution < 1.29 is 13.9 Å². The number of rotatable bonds is 3. The average Bonchev–Trinajstić information content (AvgIpc) is 2.41. The van der Waals surface area contributed by atoms with E-state index in [9.17, 15) is 9.18 Å². The number of ether oxygens (including phenoxy) is 1.